The van der Waals surface area contributed by atoms with Crippen molar-refractivity contribution >= 4 is 17.5 Å². The number of nitrogens with one attached hydrogen (secondary N) is 1. The highest BCUT2D eigenvalue weighted by Gasteiger charge is 2.30. The fraction of sp³-hybridized carbons (Fsp3) is 0.118. The second-order valence-corrected chi connectivity index (χ2v) is 5.71. The van der Waals surface area contributed by atoms with Crippen LogP contribution >= 0.6 is 0 Å². The Kier molecular flexibility index (Phi) is 5.43. The Balaban J connectivity index is 1.59. The molecule has 0 radical (unpaired) electrons. The van der Waals surface area contributed by atoms with Crippen LogP contribution in [0.15, 0.2) is 48.5 Å². The second kappa shape index (κ2) is 7.96. The molecule has 0 bridgehead atoms. The Morgan fingerprint density at radius 2 is 1.72 bits per heavy atom. The lowest BCUT2D eigenvalue weighted by Crippen LogP contribution is -2.20. The van der Waals surface area contributed by atoms with Gasteiger partial charge in [0.2, 0.25) is 17.6 Å². The number of ether oxygens (including phenoxy) is 1. The first-order chi connectivity index (χ1) is 13.7. The molecule has 3 aromatic rings. The summed E-state index contributed by atoms with van der Waals surface area (Å²) >= 11 is 0. The topological polar surface area (TPSA) is 125 Å². The van der Waals surface area contributed by atoms with E-state index in [2.05, 4.69) is 25.5 Å². The molecule has 2 aromatic carbocycles. The lowest BCUT2D eigenvalue weighted by molar-refractivity contribution is -0.274. The van der Waals surface area contributed by atoms with Crippen molar-refractivity contribution in [2.75, 3.05) is 5.32 Å². The minimum absolute atomic E-state index is 0.238. The number of carbonyl (C=O) groups excluding carboxylic acids is 2. The van der Waals surface area contributed by atoms with Gasteiger partial charge in [-0.15, -0.1) is 23.4 Å². The van der Waals surface area contributed by atoms with Crippen LogP contribution in [0.25, 0.3) is 11.4 Å². The van der Waals surface area contributed by atoms with Crippen LogP contribution in [0.4, 0.5) is 18.9 Å². The first-order valence-corrected chi connectivity index (χ1v) is 8.03. The molecule has 1 aromatic heterocycles. The van der Waals surface area contributed by atoms with Gasteiger partial charge in [0.1, 0.15) is 12.3 Å². The zero-order valence-electron chi connectivity index (χ0n) is 14.6. The number of anilines is 1. The zero-order chi connectivity index (χ0) is 21.0. The Hall–Kier alpha value is -3.96. The molecule has 0 unspecified atom stereocenters. The molecular weight excluding hydrogens is 393 g/mol. The molecule has 150 valence electrons. The molecule has 12 heteroatoms. The number of benzene rings is 2. The summed E-state index contributed by atoms with van der Waals surface area (Å²) in [5.74, 6) is -1.24. The number of amides is 2. The van der Waals surface area contributed by atoms with Crippen LogP contribution in [-0.2, 0) is 11.3 Å². The molecule has 29 heavy (non-hydrogen) atoms. The zero-order valence-corrected chi connectivity index (χ0v) is 14.6. The smallest absolute Gasteiger partial charge is 0.406 e. The van der Waals surface area contributed by atoms with Gasteiger partial charge >= 0.3 is 6.36 Å². The first kappa shape index (κ1) is 19.8. The van der Waals surface area contributed by atoms with Gasteiger partial charge in [-0.2, -0.15) is 4.80 Å². The standard InChI is InChI=1S/C17H13F3N6O3/c18-17(19,20)29-13-7-5-12(6-8-13)22-14(27)9-26-24-16(23-25-26)11-3-1-10(2-4-11)15(21)28/h1-8H,9H2,(H2,21,28)(H,22,27). The molecular formula is C17H13F3N6O3. The van der Waals surface area contributed by atoms with Crippen molar-refractivity contribution in [2.24, 2.45) is 5.73 Å². The van der Waals surface area contributed by atoms with Crippen molar-refractivity contribution in [3.05, 3.63) is 54.1 Å². The molecule has 0 saturated carbocycles. The van der Waals surface area contributed by atoms with Gasteiger partial charge in [-0.25, -0.2) is 0 Å². The predicted molar refractivity (Wildman–Crippen MR) is 93.5 cm³/mol. The normalized spacial score (nSPS) is 11.1. The number of halogens is 3. The number of rotatable bonds is 6. The highest BCUT2D eigenvalue weighted by Crippen LogP contribution is 2.24. The Morgan fingerprint density at radius 3 is 2.31 bits per heavy atom. The maximum Gasteiger partial charge on any atom is 0.573 e. The number of hydrogen-bond donors (Lipinski definition) is 2. The van der Waals surface area contributed by atoms with E-state index in [1.165, 1.54) is 24.3 Å². The van der Waals surface area contributed by atoms with E-state index in [4.69, 9.17) is 5.73 Å². The van der Waals surface area contributed by atoms with Gasteiger partial charge in [-0.1, -0.05) is 12.1 Å². The maximum atomic E-state index is 12.1. The lowest BCUT2D eigenvalue weighted by atomic mass is 10.1. The molecule has 3 N–H and O–H groups in total. The lowest BCUT2D eigenvalue weighted by Gasteiger charge is -2.09. The quantitative estimate of drug-likeness (QED) is 0.645. The van der Waals surface area contributed by atoms with Crippen molar-refractivity contribution in [3.8, 4) is 17.1 Å². The molecule has 0 fully saturated rings. The van der Waals surface area contributed by atoms with Crippen LogP contribution in [0.3, 0.4) is 0 Å². The Bertz CT molecular complexity index is 1020. The number of carbonyl (C=O) groups is 2. The van der Waals surface area contributed by atoms with E-state index >= 15 is 0 Å². The van der Waals surface area contributed by atoms with Crippen molar-refractivity contribution < 1.29 is 27.5 Å². The van der Waals surface area contributed by atoms with E-state index in [-0.39, 0.29) is 18.1 Å². The van der Waals surface area contributed by atoms with Gasteiger partial charge in [0.05, 0.1) is 0 Å². The SMILES string of the molecule is NC(=O)c1ccc(-c2nnn(CC(=O)Nc3ccc(OC(F)(F)F)cc3)n2)cc1. The van der Waals surface area contributed by atoms with Crippen LogP contribution in [-0.4, -0.2) is 38.4 Å². The van der Waals surface area contributed by atoms with Gasteiger partial charge in [-0.05, 0) is 41.6 Å². The van der Waals surface area contributed by atoms with Crippen molar-refractivity contribution in [1.82, 2.24) is 20.2 Å². The minimum atomic E-state index is -4.79. The third-order valence-corrected chi connectivity index (χ3v) is 3.54. The van der Waals surface area contributed by atoms with Gasteiger partial charge in [0.15, 0.2) is 0 Å². The fourth-order valence-corrected chi connectivity index (χ4v) is 2.28. The number of aromatic nitrogens is 4. The van der Waals surface area contributed by atoms with Crippen LogP contribution in [0.5, 0.6) is 5.75 Å². The molecule has 0 saturated heterocycles. The summed E-state index contributed by atoms with van der Waals surface area (Å²) in [5, 5.41) is 14.2. The minimum Gasteiger partial charge on any atom is -0.406 e. The van der Waals surface area contributed by atoms with E-state index in [1.54, 1.807) is 12.1 Å². The molecule has 0 aliphatic heterocycles. The number of nitrogens with zero attached hydrogens (tertiary/aromatic N) is 4. The average Bonchev–Trinajstić information content (AvgIpc) is 3.10. The van der Waals surface area contributed by atoms with E-state index in [9.17, 15) is 22.8 Å². The Labute approximate surface area is 161 Å². The molecule has 0 spiro atoms. The van der Waals surface area contributed by atoms with E-state index < -0.39 is 23.9 Å². The van der Waals surface area contributed by atoms with Crippen LogP contribution in [0.2, 0.25) is 0 Å². The summed E-state index contributed by atoms with van der Waals surface area (Å²) < 4.78 is 40.2. The number of tetrazole rings is 1. The summed E-state index contributed by atoms with van der Waals surface area (Å²) in [6.45, 7) is -0.271. The number of hydrogen-bond acceptors (Lipinski definition) is 6. The predicted octanol–water partition coefficient (Wildman–Crippen LogP) is 1.98. The molecule has 0 aliphatic rings. The highest BCUT2D eigenvalue weighted by atomic mass is 19.4. The fourth-order valence-electron chi connectivity index (χ4n) is 2.28. The van der Waals surface area contributed by atoms with E-state index in [0.717, 1.165) is 16.9 Å². The van der Waals surface area contributed by atoms with Gasteiger partial charge in [-0.3, -0.25) is 9.59 Å². The van der Waals surface area contributed by atoms with Crippen molar-refractivity contribution in [1.29, 1.82) is 0 Å². The Morgan fingerprint density at radius 1 is 1.07 bits per heavy atom. The third kappa shape index (κ3) is 5.51. The molecule has 0 aliphatic carbocycles. The van der Waals surface area contributed by atoms with E-state index in [1.807, 2.05) is 0 Å². The van der Waals surface area contributed by atoms with Gasteiger partial charge in [0.25, 0.3) is 0 Å². The molecule has 1 heterocycles. The van der Waals surface area contributed by atoms with Crippen LogP contribution in [0.1, 0.15) is 10.4 Å². The summed E-state index contributed by atoms with van der Waals surface area (Å²) in [4.78, 5) is 24.2. The molecule has 0 atom stereocenters. The summed E-state index contributed by atoms with van der Waals surface area (Å²) in [6.07, 6.45) is -4.79. The van der Waals surface area contributed by atoms with E-state index in [0.29, 0.717) is 11.1 Å². The van der Waals surface area contributed by atoms with Gasteiger partial charge < -0.3 is 15.8 Å². The maximum absolute atomic E-state index is 12.1. The summed E-state index contributed by atoms with van der Waals surface area (Å²) in [6, 6.07) is 10.9. The van der Waals surface area contributed by atoms with Crippen molar-refractivity contribution in [3.63, 3.8) is 0 Å². The number of primary amides is 1. The summed E-state index contributed by atoms with van der Waals surface area (Å²) in [7, 11) is 0. The largest absolute Gasteiger partial charge is 0.573 e. The third-order valence-electron chi connectivity index (χ3n) is 3.54. The first-order valence-electron chi connectivity index (χ1n) is 8.03. The molecule has 3 rings (SSSR count). The average molecular weight is 406 g/mol. The number of nitrogens with two attached hydrogens (primary N) is 1. The molecule has 2 amide bonds. The van der Waals surface area contributed by atoms with Crippen LogP contribution in [0, 0.1) is 0 Å². The monoisotopic (exact) mass is 406 g/mol. The highest BCUT2D eigenvalue weighted by molar-refractivity contribution is 5.93. The van der Waals surface area contributed by atoms with Gasteiger partial charge in [0, 0.05) is 16.8 Å². The molecule has 9 nitrogen and oxygen atoms in total. The summed E-state index contributed by atoms with van der Waals surface area (Å²) in [5.41, 5.74) is 6.34. The second-order valence-electron chi connectivity index (χ2n) is 5.71. The van der Waals surface area contributed by atoms with Crippen LogP contribution < -0.4 is 15.8 Å². The van der Waals surface area contributed by atoms with Crippen molar-refractivity contribution in [2.45, 2.75) is 12.9 Å². The number of alkyl halides is 3.